The van der Waals surface area contributed by atoms with Gasteiger partial charge in [-0.05, 0) is 43.3 Å². The number of amides is 1. The molecule has 1 aliphatic heterocycles. The second-order valence-electron chi connectivity index (χ2n) is 8.46. The molecule has 38 heavy (non-hydrogen) atoms. The lowest BCUT2D eigenvalue weighted by Crippen LogP contribution is -2.29. The Bertz CT molecular complexity index is 1490. The van der Waals surface area contributed by atoms with Crippen LogP contribution in [-0.2, 0) is 11.3 Å². The second-order valence-corrected chi connectivity index (χ2v) is 9.89. The Balaban J connectivity index is 1.24. The van der Waals surface area contributed by atoms with E-state index in [1.807, 2.05) is 43.3 Å². The summed E-state index contributed by atoms with van der Waals surface area (Å²) >= 11 is 7.96. The summed E-state index contributed by atoms with van der Waals surface area (Å²) in [5.74, 6) is 7.69. The van der Waals surface area contributed by atoms with Crippen LogP contribution in [0.5, 0.6) is 5.75 Å². The molecule has 0 aliphatic carbocycles. The maximum Gasteiger partial charge on any atom is 0.407 e. The largest absolute Gasteiger partial charge is 0.486 e. The third-order valence-electron chi connectivity index (χ3n) is 5.68. The predicted molar refractivity (Wildman–Crippen MR) is 148 cm³/mol. The number of aromatic nitrogens is 3. The number of rotatable bonds is 7. The van der Waals surface area contributed by atoms with Crippen molar-refractivity contribution < 1.29 is 14.3 Å². The summed E-state index contributed by atoms with van der Waals surface area (Å²) in [6, 6.07) is 13.1. The van der Waals surface area contributed by atoms with Gasteiger partial charge in [0.25, 0.3) is 0 Å². The van der Waals surface area contributed by atoms with Crippen molar-refractivity contribution in [2.45, 2.75) is 32.1 Å². The molecule has 11 heteroatoms. The van der Waals surface area contributed by atoms with Gasteiger partial charge in [0, 0.05) is 31.4 Å². The fraction of sp³-hybridized carbons (Fsp3) is 0.259. The number of nitrogens with one attached hydrogen (secondary N) is 3. The number of alkyl carbamates (subject to hydrolysis) is 1. The number of nitrogens with zero attached hydrogens (tertiary/aromatic N) is 3. The van der Waals surface area contributed by atoms with Crippen molar-refractivity contribution in [2.75, 3.05) is 18.4 Å². The van der Waals surface area contributed by atoms with Crippen LogP contribution in [0.25, 0.3) is 10.2 Å². The third-order valence-corrected chi connectivity index (χ3v) is 6.93. The van der Waals surface area contributed by atoms with Crippen LogP contribution in [0.4, 0.5) is 16.3 Å². The van der Waals surface area contributed by atoms with Crippen LogP contribution in [0.15, 0.2) is 55.0 Å². The zero-order valence-corrected chi connectivity index (χ0v) is 22.1. The molecule has 1 fully saturated rings. The highest BCUT2D eigenvalue weighted by atomic mass is 35.5. The zero-order chi connectivity index (χ0) is 26.3. The Hall–Kier alpha value is -3.91. The topological polar surface area (TPSA) is 110 Å². The molecule has 0 bridgehead atoms. The Kier molecular flexibility index (Phi) is 8.19. The zero-order valence-electron chi connectivity index (χ0n) is 20.5. The first kappa shape index (κ1) is 25.7. The van der Waals surface area contributed by atoms with Gasteiger partial charge in [-0.3, -0.25) is 10.3 Å². The van der Waals surface area contributed by atoms with Crippen LogP contribution in [0.1, 0.15) is 23.9 Å². The molecule has 3 N–H and O–H groups in total. The van der Waals surface area contributed by atoms with Gasteiger partial charge in [-0.25, -0.2) is 14.8 Å². The maximum atomic E-state index is 11.6. The van der Waals surface area contributed by atoms with Gasteiger partial charge >= 0.3 is 6.09 Å². The summed E-state index contributed by atoms with van der Waals surface area (Å²) in [5, 5.41) is 10.6. The summed E-state index contributed by atoms with van der Waals surface area (Å²) in [5.41, 5.74) is 1.59. The molecule has 2 atom stereocenters. The molecule has 194 valence electrons. The van der Waals surface area contributed by atoms with Gasteiger partial charge in [-0.1, -0.05) is 29.5 Å². The minimum Gasteiger partial charge on any atom is -0.486 e. The molecule has 0 spiro atoms. The van der Waals surface area contributed by atoms with Gasteiger partial charge in [0.2, 0.25) is 0 Å². The lowest BCUT2D eigenvalue weighted by molar-refractivity contribution is 0.107. The molecule has 1 aromatic carbocycles. The Morgan fingerprint density at radius 3 is 2.97 bits per heavy atom. The first-order valence-electron chi connectivity index (χ1n) is 12.1. The molecule has 0 radical (unpaired) electrons. The highest BCUT2D eigenvalue weighted by Crippen LogP contribution is 2.33. The quantitative estimate of drug-likeness (QED) is 0.280. The van der Waals surface area contributed by atoms with E-state index in [1.54, 1.807) is 12.3 Å². The van der Waals surface area contributed by atoms with E-state index in [4.69, 9.17) is 21.1 Å². The number of pyridine rings is 1. The molecule has 0 saturated carbocycles. The first-order valence-corrected chi connectivity index (χ1v) is 13.3. The average Bonchev–Trinajstić information content (AvgIpc) is 3.55. The van der Waals surface area contributed by atoms with Gasteiger partial charge in [0.15, 0.2) is 0 Å². The molecule has 4 aromatic rings. The van der Waals surface area contributed by atoms with Crippen LogP contribution >= 0.6 is 22.9 Å². The number of anilines is 2. The minimum absolute atomic E-state index is 0.0520. The number of fused-ring (bicyclic) bond motifs is 1. The lowest BCUT2D eigenvalue weighted by atomic mass is 10.2. The van der Waals surface area contributed by atoms with E-state index < -0.39 is 6.09 Å². The Morgan fingerprint density at radius 1 is 1.24 bits per heavy atom. The van der Waals surface area contributed by atoms with E-state index in [0.717, 1.165) is 26.5 Å². The van der Waals surface area contributed by atoms with Crippen LogP contribution in [-0.4, -0.2) is 46.3 Å². The summed E-state index contributed by atoms with van der Waals surface area (Å²) in [4.78, 5) is 26.4. The lowest BCUT2D eigenvalue weighted by Gasteiger charge is -2.11. The highest BCUT2D eigenvalue weighted by molar-refractivity contribution is 7.19. The normalized spacial score (nSPS) is 16.5. The predicted octanol–water partition coefficient (Wildman–Crippen LogP) is 4.89. The summed E-state index contributed by atoms with van der Waals surface area (Å²) in [6.45, 7) is 3.30. The molecule has 1 saturated heterocycles. The highest BCUT2D eigenvalue weighted by Gasteiger charge is 2.25. The van der Waals surface area contributed by atoms with Crippen molar-refractivity contribution in [3.8, 4) is 17.6 Å². The van der Waals surface area contributed by atoms with E-state index in [9.17, 15) is 4.79 Å². The molecule has 4 heterocycles. The number of hydrogen-bond acceptors (Lipinski definition) is 9. The van der Waals surface area contributed by atoms with Crippen molar-refractivity contribution in [3.63, 3.8) is 0 Å². The molecule has 5 rings (SSSR count). The Labute approximate surface area is 229 Å². The average molecular weight is 549 g/mol. The minimum atomic E-state index is -0.399. The van der Waals surface area contributed by atoms with Gasteiger partial charge < -0.3 is 20.1 Å². The van der Waals surface area contributed by atoms with Crippen LogP contribution in [0, 0.1) is 11.8 Å². The molecule has 9 nitrogen and oxygen atoms in total. The van der Waals surface area contributed by atoms with Crippen LogP contribution in [0.2, 0.25) is 5.02 Å². The van der Waals surface area contributed by atoms with E-state index >= 15 is 0 Å². The van der Waals surface area contributed by atoms with E-state index in [-0.39, 0.29) is 12.1 Å². The van der Waals surface area contributed by atoms with E-state index in [1.165, 1.54) is 17.7 Å². The van der Waals surface area contributed by atoms with Crippen LogP contribution < -0.4 is 20.7 Å². The molecule has 1 amide bonds. The molecular formula is C27H25ClN6O3S. The summed E-state index contributed by atoms with van der Waals surface area (Å²) in [7, 11) is 0. The fourth-order valence-corrected chi connectivity index (χ4v) is 4.98. The van der Waals surface area contributed by atoms with Crippen molar-refractivity contribution in [2.24, 2.45) is 0 Å². The molecular weight excluding hydrogens is 524 g/mol. The monoisotopic (exact) mass is 548 g/mol. The molecule has 0 unspecified atom stereocenters. The second kappa shape index (κ2) is 12.1. The van der Waals surface area contributed by atoms with E-state index in [0.29, 0.717) is 42.7 Å². The smallest absolute Gasteiger partial charge is 0.407 e. The van der Waals surface area contributed by atoms with Crippen molar-refractivity contribution in [1.29, 1.82) is 0 Å². The van der Waals surface area contributed by atoms with Gasteiger partial charge in [-0.2, -0.15) is 0 Å². The van der Waals surface area contributed by atoms with E-state index in [2.05, 4.69) is 42.7 Å². The van der Waals surface area contributed by atoms with Crippen molar-refractivity contribution in [3.05, 3.63) is 70.6 Å². The first-order chi connectivity index (χ1) is 18.6. The van der Waals surface area contributed by atoms with Crippen molar-refractivity contribution in [1.82, 2.24) is 25.6 Å². The Morgan fingerprint density at radius 2 is 2.16 bits per heavy atom. The number of carbonyl (C=O) groups is 1. The standard InChI is InChI=1S/C27H25ClN6O3S/c1-2-29-27(35)37-20-11-17(31-14-20)6-8-21-13-22-25(32-16-33-26(22)38-21)34-18-7-9-24(23(28)12-18)36-15-19-5-3-4-10-30-19/h3-5,7,9-10,12-13,16-17,20,31H,2,11,14-15H2,1H3,(H,29,35)(H,32,33,34)/t17-,20-/m0/s1. The number of thiophene rings is 1. The molecule has 1 aliphatic rings. The van der Waals surface area contributed by atoms with Gasteiger partial charge in [0.05, 0.1) is 27.0 Å². The van der Waals surface area contributed by atoms with Gasteiger partial charge in [-0.15, -0.1) is 11.3 Å². The number of carbonyl (C=O) groups excluding carboxylic acids is 1. The third kappa shape index (κ3) is 6.50. The maximum absolute atomic E-state index is 11.6. The fourth-order valence-electron chi connectivity index (χ4n) is 3.88. The number of hydrogen-bond donors (Lipinski definition) is 3. The number of ether oxygens (including phenoxy) is 2. The van der Waals surface area contributed by atoms with Crippen molar-refractivity contribution >= 4 is 50.8 Å². The molecule has 3 aromatic heterocycles. The summed E-state index contributed by atoms with van der Waals surface area (Å²) in [6.07, 6.45) is 3.30. The SMILES string of the molecule is CCNC(=O)O[C@@H]1CN[C@@H](C#Cc2cc3c(Nc4ccc(OCc5ccccn5)c(Cl)c4)ncnc3s2)C1. The number of halogens is 1. The van der Waals surface area contributed by atoms with Gasteiger partial charge in [0.1, 0.15) is 35.4 Å². The summed E-state index contributed by atoms with van der Waals surface area (Å²) < 4.78 is 11.2. The number of benzene rings is 1. The van der Waals surface area contributed by atoms with Crippen LogP contribution in [0.3, 0.4) is 0 Å².